The minimum absolute atomic E-state index is 0.487. The van der Waals surface area contributed by atoms with Crippen molar-refractivity contribution in [1.29, 1.82) is 0 Å². The van der Waals surface area contributed by atoms with E-state index >= 15 is 0 Å². The molecule has 0 aromatic rings. The normalized spacial score (nSPS) is 21.0. The molecular formula is C6H9N2O3S. The van der Waals surface area contributed by atoms with Gasteiger partial charge < -0.3 is 4.90 Å². The summed E-state index contributed by atoms with van der Waals surface area (Å²) in [6.45, 7) is 0.593. The molecule has 0 unspecified atom stereocenters. The van der Waals surface area contributed by atoms with Gasteiger partial charge in [0, 0.05) is 6.54 Å². The SMILES string of the molecule is O=CN1CCC[SH]C1=C[N+](=O)[O-]. The van der Waals surface area contributed by atoms with Crippen LogP contribution in [0.3, 0.4) is 0 Å². The number of thiol groups is 1. The Kier molecular flexibility index (Phi) is 3.09. The molecule has 0 bridgehead atoms. The molecule has 5 nitrogen and oxygen atoms in total. The molecule has 1 fully saturated rings. The van der Waals surface area contributed by atoms with Crippen molar-refractivity contribution in [2.75, 3.05) is 12.3 Å². The molecule has 1 amide bonds. The van der Waals surface area contributed by atoms with Crippen LogP contribution in [0.1, 0.15) is 6.42 Å². The lowest BCUT2D eigenvalue weighted by atomic mass is 10.4. The van der Waals surface area contributed by atoms with E-state index in [0.29, 0.717) is 18.0 Å². The van der Waals surface area contributed by atoms with Crippen LogP contribution in [0.25, 0.3) is 0 Å². The van der Waals surface area contributed by atoms with Crippen molar-refractivity contribution >= 4 is 18.2 Å². The molecule has 67 valence electrons. The molecule has 1 saturated heterocycles. The fourth-order valence-corrected chi connectivity index (χ4v) is 1.99. The minimum atomic E-state index is -0.524. The molecule has 0 spiro atoms. The second-order valence-electron chi connectivity index (χ2n) is 2.31. The lowest BCUT2D eigenvalue weighted by molar-refractivity contribution is -0.403. The molecule has 0 aromatic carbocycles. The van der Waals surface area contributed by atoms with E-state index in [1.165, 1.54) is 4.90 Å². The third-order valence-electron chi connectivity index (χ3n) is 1.47. The van der Waals surface area contributed by atoms with Gasteiger partial charge in [-0.3, -0.25) is 14.9 Å². The van der Waals surface area contributed by atoms with E-state index in [1.54, 1.807) is 0 Å². The third-order valence-corrected chi connectivity index (χ3v) is 2.71. The molecule has 1 heterocycles. The zero-order chi connectivity index (χ0) is 8.97. The van der Waals surface area contributed by atoms with Crippen molar-refractivity contribution in [2.45, 2.75) is 6.42 Å². The van der Waals surface area contributed by atoms with Crippen molar-refractivity contribution in [2.24, 2.45) is 0 Å². The van der Waals surface area contributed by atoms with E-state index in [2.05, 4.69) is 0 Å². The van der Waals surface area contributed by atoms with Gasteiger partial charge in [-0.1, -0.05) is 0 Å². The highest BCUT2D eigenvalue weighted by Crippen LogP contribution is 2.24. The molecule has 1 aliphatic rings. The van der Waals surface area contributed by atoms with Crippen molar-refractivity contribution in [3.8, 4) is 0 Å². The number of nitrogens with zero attached hydrogens (tertiary/aromatic N) is 2. The fraction of sp³-hybridized carbons (Fsp3) is 0.500. The zero-order valence-corrected chi connectivity index (χ0v) is 7.24. The summed E-state index contributed by atoms with van der Waals surface area (Å²) in [7, 11) is 0. The molecule has 0 aromatic heterocycles. The molecule has 0 saturated carbocycles. The lowest BCUT2D eigenvalue weighted by Crippen LogP contribution is -2.25. The number of nitro groups is 1. The van der Waals surface area contributed by atoms with E-state index in [4.69, 9.17) is 0 Å². The van der Waals surface area contributed by atoms with Crippen LogP contribution in [-0.4, -0.2) is 28.5 Å². The Hall–Kier alpha value is -1.04. The quantitative estimate of drug-likeness (QED) is 0.296. The Bertz CT molecular complexity index is 229. The van der Waals surface area contributed by atoms with E-state index in [1.807, 2.05) is 0 Å². The first-order valence-corrected chi connectivity index (χ1v) is 4.57. The third kappa shape index (κ3) is 2.23. The summed E-state index contributed by atoms with van der Waals surface area (Å²) < 4.78 is 0. The Labute approximate surface area is 73.6 Å². The summed E-state index contributed by atoms with van der Waals surface area (Å²) in [5.41, 5.74) is 0. The van der Waals surface area contributed by atoms with E-state index in [0.717, 1.165) is 30.1 Å². The smallest absolute Gasteiger partial charge is 0.263 e. The first kappa shape index (κ1) is 9.05. The van der Waals surface area contributed by atoms with Crippen LogP contribution < -0.4 is 0 Å². The first-order chi connectivity index (χ1) is 5.74. The van der Waals surface area contributed by atoms with E-state index < -0.39 is 4.92 Å². The molecule has 6 heteroatoms. The van der Waals surface area contributed by atoms with E-state index in [-0.39, 0.29) is 0 Å². The maximum absolute atomic E-state index is 10.4. The summed E-state index contributed by atoms with van der Waals surface area (Å²) in [4.78, 5) is 21.4. The Morgan fingerprint density at radius 3 is 3.00 bits per heavy atom. The predicted molar refractivity (Wildman–Crippen MR) is 46.3 cm³/mol. The second kappa shape index (κ2) is 4.10. The highest BCUT2D eigenvalue weighted by atomic mass is 32.2. The maximum atomic E-state index is 10.4. The largest absolute Gasteiger partial charge is 0.305 e. The van der Waals surface area contributed by atoms with Crippen molar-refractivity contribution in [1.82, 2.24) is 4.90 Å². The Morgan fingerprint density at radius 1 is 1.67 bits per heavy atom. The van der Waals surface area contributed by atoms with Crippen LogP contribution in [0.15, 0.2) is 11.2 Å². The first-order valence-electron chi connectivity index (χ1n) is 3.49. The highest BCUT2D eigenvalue weighted by Gasteiger charge is 2.16. The molecule has 0 N–H and O–H groups in total. The minimum Gasteiger partial charge on any atom is -0.305 e. The van der Waals surface area contributed by atoms with Crippen molar-refractivity contribution in [3.63, 3.8) is 0 Å². The average Bonchev–Trinajstić information content (AvgIpc) is 2.04. The van der Waals surface area contributed by atoms with Crippen LogP contribution in [0, 0.1) is 10.1 Å². The van der Waals surface area contributed by atoms with E-state index in [9.17, 15) is 14.9 Å². The number of amides is 1. The van der Waals surface area contributed by atoms with Gasteiger partial charge in [0.05, 0.1) is 4.92 Å². The van der Waals surface area contributed by atoms with Gasteiger partial charge in [0.1, 0.15) is 5.03 Å². The zero-order valence-electron chi connectivity index (χ0n) is 6.34. The van der Waals surface area contributed by atoms with Gasteiger partial charge in [-0.25, -0.2) is 0 Å². The van der Waals surface area contributed by atoms with Crippen LogP contribution >= 0.6 is 11.8 Å². The van der Waals surface area contributed by atoms with Gasteiger partial charge >= 0.3 is 0 Å². The second-order valence-corrected chi connectivity index (χ2v) is 3.53. The molecular weight excluding hydrogens is 180 g/mol. The summed E-state index contributed by atoms with van der Waals surface area (Å²) in [6.07, 6.45) is 2.45. The molecule has 0 aliphatic carbocycles. The number of rotatable bonds is 2. The molecule has 1 rings (SSSR count). The van der Waals surface area contributed by atoms with Gasteiger partial charge in [-0.2, -0.15) is 11.8 Å². The van der Waals surface area contributed by atoms with Crippen molar-refractivity contribution in [3.05, 3.63) is 21.3 Å². The van der Waals surface area contributed by atoms with Gasteiger partial charge in [-0.05, 0) is 12.2 Å². The van der Waals surface area contributed by atoms with Gasteiger partial charge in [0.15, 0.2) is 0 Å². The number of hydrogen-bond acceptors (Lipinski definition) is 3. The fourth-order valence-electron chi connectivity index (χ4n) is 0.956. The molecule has 1 aliphatic heterocycles. The summed E-state index contributed by atoms with van der Waals surface area (Å²) >= 11 is 0.863. The number of carbonyl (C=O) groups is 1. The Balaban J connectivity index is 2.70. The predicted octanol–water partition coefficient (Wildman–Crippen LogP) is 0.390. The molecule has 0 atom stereocenters. The maximum Gasteiger partial charge on any atom is 0.263 e. The van der Waals surface area contributed by atoms with Crippen LogP contribution in [0.2, 0.25) is 0 Å². The topological polar surface area (TPSA) is 63.5 Å². The highest BCUT2D eigenvalue weighted by molar-refractivity contribution is 8.03. The van der Waals surface area contributed by atoms with Crippen LogP contribution in [0.5, 0.6) is 0 Å². The lowest BCUT2D eigenvalue weighted by Gasteiger charge is -2.23. The number of carbonyl (C=O) groups excluding carboxylic acids is 1. The molecule has 1 radical (unpaired) electrons. The number of hydrogen-bond donors (Lipinski definition) is 1. The average molecular weight is 189 g/mol. The van der Waals surface area contributed by atoms with Gasteiger partial charge in [0.25, 0.3) is 6.20 Å². The van der Waals surface area contributed by atoms with Crippen LogP contribution in [0.4, 0.5) is 0 Å². The van der Waals surface area contributed by atoms with Crippen LogP contribution in [-0.2, 0) is 4.79 Å². The van der Waals surface area contributed by atoms with Gasteiger partial charge in [-0.15, -0.1) is 0 Å². The standard InChI is InChI=1S/C6H9N2O3S/c9-5-7-2-1-3-12-6(7)4-8(10)11/h4-5,12H,1-3H2. The summed E-state index contributed by atoms with van der Waals surface area (Å²) in [6, 6.07) is 0. The van der Waals surface area contributed by atoms with Crippen molar-refractivity contribution < 1.29 is 9.72 Å². The monoisotopic (exact) mass is 189 g/mol. The molecule has 12 heavy (non-hydrogen) atoms. The van der Waals surface area contributed by atoms with Gasteiger partial charge in [0.2, 0.25) is 6.41 Å². The summed E-state index contributed by atoms with van der Waals surface area (Å²) in [5.74, 6) is 0.893. The summed E-state index contributed by atoms with van der Waals surface area (Å²) in [5, 5.41) is 10.6. The Morgan fingerprint density at radius 2 is 2.42 bits per heavy atom.